The highest BCUT2D eigenvalue weighted by Gasteiger charge is 2.12. The van der Waals surface area contributed by atoms with Crippen LogP contribution < -0.4 is 10.6 Å². The largest absolute Gasteiger partial charge is 0.373 e. The van der Waals surface area contributed by atoms with Gasteiger partial charge in [0, 0.05) is 49.0 Å². The van der Waals surface area contributed by atoms with Crippen molar-refractivity contribution in [3.05, 3.63) is 40.1 Å². The summed E-state index contributed by atoms with van der Waals surface area (Å²) in [6.45, 7) is 3.11. The fourth-order valence-electron chi connectivity index (χ4n) is 2.07. The number of nitrogens with two attached hydrogens (primary N) is 1. The third-order valence-corrected chi connectivity index (χ3v) is 2.99. The first-order valence-electron chi connectivity index (χ1n) is 6.00. The number of fused-ring (bicyclic) bond motifs is 1. The molecule has 0 unspecified atom stereocenters. The van der Waals surface area contributed by atoms with Crippen molar-refractivity contribution in [3.8, 4) is 0 Å². The van der Waals surface area contributed by atoms with Crippen LogP contribution in [0, 0.1) is 17.0 Å². The fraction of sp³-hybridized carbons (Fsp3) is 0.308. The average Bonchev–Trinajstić information content (AvgIpc) is 2.37. The van der Waals surface area contributed by atoms with E-state index in [9.17, 15) is 10.1 Å². The van der Waals surface area contributed by atoms with Crippen LogP contribution in [0.1, 0.15) is 5.69 Å². The molecule has 0 saturated carbocycles. The van der Waals surface area contributed by atoms with Crippen LogP contribution in [0.5, 0.6) is 0 Å². The summed E-state index contributed by atoms with van der Waals surface area (Å²) >= 11 is 0. The highest BCUT2D eigenvalue weighted by Crippen LogP contribution is 2.29. The Labute approximate surface area is 111 Å². The van der Waals surface area contributed by atoms with Gasteiger partial charge in [0.25, 0.3) is 5.69 Å². The van der Waals surface area contributed by atoms with Crippen molar-refractivity contribution >= 4 is 22.3 Å². The Hall–Kier alpha value is -2.21. The Morgan fingerprint density at radius 3 is 2.79 bits per heavy atom. The van der Waals surface area contributed by atoms with Crippen molar-refractivity contribution in [1.82, 2.24) is 4.98 Å². The predicted octanol–water partition coefficient (Wildman–Crippen LogP) is 1.85. The number of aryl methyl sites for hydroxylation is 1. The normalized spacial score (nSPS) is 10.7. The standard InChI is InChI=1S/C13H16N4O2/c1-9-7-13(16(2)6-5-14)11-8-10(17(18)19)3-4-12(11)15-9/h3-4,7-8H,5-6,14H2,1-2H3. The zero-order valence-electron chi connectivity index (χ0n) is 11.0. The van der Waals surface area contributed by atoms with Crippen LogP contribution in [-0.2, 0) is 0 Å². The molecule has 6 nitrogen and oxygen atoms in total. The van der Waals surface area contributed by atoms with Gasteiger partial charge in [-0.2, -0.15) is 0 Å². The molecule has 0 fully saturated rings. The summed E-state index contributed by atoms with van der Waals surface area (Å²) in [6.07, 6.45) is 0. The SMILES string of the molecule is Cc1cc(N(C)CCN)c2cc([N+](=O)[O-])ccc2n1. The van der Waals surface area contributed by atoms with Crippen LogP contribution in [-0.4, -0.2) is 30.0 Å². The highest BCUT2D eigenvalue weighted by molar-refractivity contribution is 5.93. The van der Waals surface area contributed by atoms with E-state index in [1.165, 1.54) is 6.07 Å². The number of nitro benzene ring substituents is 1. The van der Waals surface area contributed by atoms with E-state index in [4.69, 9.17) is 5.73 Å². The molecule has 0 saturated heterocycles. The smallest absolute Gasteiger partial charge is 0.270 e. The van der Waals surface area contributed by atoms with Crippen molar-refractivity contribution in [2.45, 2.75) is 6.92 Å². The highest BCUT2D eigenvalue weighted by atomic mass is 16.6. The maximum Gasteiger partial charge on any atom is 0.270 e. The van der Waals surface area contributed by atoms with Crippen LogP contribution in [0.25, 0.3) is 10.9 Å². The van der Waals surface area contributed by atoms with E-state index >= 15 is 0 Å². The lowest BCUT2D eigenvalue weighted by atomic mass is 10.1. The van der Waals surface area contributed by atoms with Crippen LogP contribution in [0.2, 0.25) is 0 Å². The molecule has 0 spiro atoms. The number of hydrogen-bond acceptors (Lipinski definition) is 5. The van der Waals surface area contributed by atoms with E-state index in [2.05, 4.69) is 4.98 Å². The number of hydrogen-bond donors (Lipinski definition) is 1. The number of anilines is 1. The van der Waals surface area contributed by atoms with Crippen molar-refractivity contribution in [2.75, 3.05) is 25.0 Å². The van der Waals surface area contributed by atoms with E-state index in [0.29, 0.717) is 13.1 Å². The number of likely N-dealkylation sites (N-methyl/N-ethyl adjacent to an activating group) is 1. The maximum absolute atomic E-state index is 10.9. The van der Waals surface area contributed by atoms with Gasteiger partial charge in [0.2, 0.25) is 0 Å². The first-order valence-corrected chi connectivity index (χ1v) is 6.00. The Balaban J connectivity index is 2.65. The average molecular weight is 260 g/mol. The molecule has 0 aliphatic carbocycles. The van der Waals surface area contributed by atoms with E-state index in [-0.39, 0.29) is 5.69 Å². The molecule has 0 bridgehead atoms. The van der Waals surface area contributed by atoms with E-state index in [0.717, 1.165) is 22.3 Å². The zero-order valence-corrected chi connectivity index (χ0v) is 11.0. The number of aromatic nitrogens is 1. The number of nitro groups is 1. The summed E-state index contributed by atoms with van der Waals surface area (Å²) in [5.41, 5.74) is 8.17. The molecular formula is C13H16N4O2. The molecule has 100 valence electrons. The minimum atomic E-state index is -0.397. The predicted molar refractivity (Wildman–Crippen MR) is 75.5 cm³/mol. The maximum atomic E-state index is 10.9. The number of rotatable bonds is 4. The Kier molecular flexibility index (Phi) is 3.62. The topological polar surface area (TPSA) is 85.3 Å². The molecule has 2 N–H and O–H groups in total. The fourth-order valence-corrected chi connectivity index (χ4v) is 2.07. The monoisotopic (exact) mass is 260 g/mol. The van der Waals surface area contributed by atoms with Gasteiger partial charge in [0.15, 0.2) is 0 Å². The van der Waals surface area contributed by atoms with E-state index in [1.54, 1.807) is 12.1 Å². The van der Waals surface area contributed by atoms with E-state index in [1.807, 2.05) is 24.9 Å². The van der Waals surface area contributed by atoms with Gasteiger partial charge in [0.1, 0.15) is 0 Å². The van der Waals surface area contributed by atoms with E-state index < -0.39 is 4.92 Å². The second-order valence-corrected chi connectivity index (χ2v) is 4.45. The summed E-state index contributed by atoms with van der Waals surface area (Å²) in [5, 5.41) is 11.6. The van der Waals surface area contributed by atoms with Crippen LogP contribution >= 0.6 is 0 Å². The van der Waals surface area contributed by atoms with Crippen LogP contribution in [0.15, 0.2) is 24.3 Å². The van der Waals surface area contributed by atoms with Gasteiger partial charge in [0.05, 0.1) is 10.4 Å². The summed E-state index contributed by atoms with van der Waals surface area (Å²) in [7, 11) is 1.92. The molecule has 0 aliphatic heterocycles. The van der Waals surface area contributed by atoms with Crippen LogP contribution in [0.4, 0.5) is 11.4 Å². The second-order valence-electron chi connectivity index (χ2n) is 4.45. The zero-order chi connectivity index (χ0) is 14.0. The summed E-state index contributed by atoms with van der Waals surface area (Å²) in [5.74, 6) is 0. The lowest BCUT2D eigenvalue weighted by Crippen LogP contribution is -2.25. The van der Waals surface area contributed by atoms with Gasteiger partial charge in [-0.15, -0.1) is 0 Å². The molecule has 1 aromatic carbocycles. The molecule has 1 aromatic heterocycles. The molecule has 0 radical (unpaired) electrons. The Bertz CT molecular complexity index is 627. The minimum absolute atomic E-state index is 0.0700. The van der Waals surface area contributed by atoms with Crippen molar-refractivity contribution in [1.29, 1.82) is 0 Å². The van der Waals surface area contributed by atoms with Gasteiger partial charge < -0.3 is 10.6 Å². The molecule has 2 aromatic rings. The summed E-state index contributed by atoms with van der Waals surface area (Å²) < 4.78 is 0. The molecule has 0 amide bonds. The van der Waals surface area contributed by atoms with Crippen molar-refractivity contribution in [3.63, 3.8) is 0 Å². The number of benzene rings is 1. The summed E-state index contributed by atoms with van der Waals surface area (Å²) in [6, 6.07) is 6.63. The molecule has 2 rings (SSSR count). The van der Waals surface area contributed by atoms with Gasteiger partial charge >= 0.3 is 0 Å². The Morgan fingerprint density at radius 1 is 1.42 bits per heavy atom. The molecule has 6 heteroatoms. The van der Waals surface area contributed by atoms with Crippen molar-refractivity contribution < 1.29 is 4.92 Å². The van der Waals surface area contributed by atoms with Crippen LogP contribution in [0.3, 0.4) is 0 Å². The molecule has 0 atom stereocenters. The number of pyridine rings is 1. The lowest BCUT2D eigenvalue weighted by molar-refractivity contribution is -0.384. The first kappa shape index (κ1) is 13.2. The second kappa shape index (κ2) is 5.19. The van der Waals surface area contributed by atoms with Gasteiger partial charge in [-0.3, -0.25) is 15.1 Å². The van der Waals surface area contributed by atoms with Gasteiger partial charge in [-0.05, 0) is 19.1 Å². The third-order valence-electron chi connectivity index (χ3n) is 2.99. The van der Waals surface area contributed by atoms with Crippen molar-refractivity contribution in [2.24, 2.45) is 5.73 Å². The lowest BCUT2D eigenvalue weighted by Gasteiger charge is -2.20. The number of nitrogens with zero attached hydrogens (tertiary/aromatic N) is 3. The Morgan fingerprint density at radius 2 is 2.16 bits per heavy atom. The minimum Gasteiger partial charge on any atom is -0.373 e. The van der Waals surface area contributed by atoms with Gasteiger partial charge in [-0.1, -0.05) is 0 Å². The molecule has 19 heavy (non-hydrogen) atoms. The molecule has 1 heterocycles. The third kappa shape index (κ3) is 2.63. The summed E-state index contributed by atoms with van der Waals surface area (Å²) in [4.78, 5) is 16.9. The first-order chi connectivity index (χ1) is 9.02. The molecular weight excluding hydrogens is 244 g/mol. The van der Waals surface area contributed by atoms with Gasteiger partial charge in [-0.25, -0.2) is 0 Å². The number of non-ortho nitro benzene ring substituents is 1. The quantitative estimate of drug-likeness (QED) is 0.669. The molecule has 0 aliphatic rings.